The molecule has 0 heterocycles. The molecule has 0 spiro atoms. The van der Waals surface area contributed by atoms with Crippen LogP contribution in [0.2, 0.25) is 0 Å². The van der Waals surface area contributed by atoms with Crippen molar-refractivity contribution in [2.75, 3.05) is 19.5 Å². The van der Waals surface area contributed by atoms with Crippen molar-refractivity contribution in [3.63, 3.8) is 0 Å². The van der Waals surface area contributed by atoms with E-state index in [0.29, 0.717) is 22.6 Å². The second-order valence-electron chi connectivity index (χ2n) is 11.1. The molecule has 0 aliphatic heterocycles. The van der Waals surface area contributed by atoms with Gasteiger partial charge in [0.1, 0.15) is 29.2 Å². The summed E-state index contributed by atoms with van der Waals surface area (Å²) in [5.74, 6) is -0.181. The standard InChI is InChI=1S/C32H39N3O6/c1-20-16-21(2)18-23(17-20)28(29(37)33-24-10-14-26(40-7)15-11-24)35(6)30(38)27(34-31(39)41-32(3,4)5)19-22-8-12-25(36)13-9-22/h8-18,27-28,36H,19H2,1-7H3,(H,33,37)(H,34,39). The fourth-order valence-corrected chi connectivity index (χ4v) is 4.49. The molecule has 3 aromatic carbocycles. The van der Waals surface area contributed by atoms with E-state index in [1.807, 2.05) is 32.0 Å². The van der Waals surface area contributed by atoms with Crippen molar-refractivity contribution in [1.29, 1.82) is 0 Å². The molecule has 2 unspecified atom stereocenters. The summed E-state index contributed by atoms with van der Waals surface area (Å²) in [6.45, 7) is 9.04. The maximum atomic E-state index is 14.1. The Morgan fingerprint density at radius 1 is 0.927 bits per heavy atom. The van der Waals surface area contributed by atoms with Crippen LogP contribution < -0.4 is 15.4 Å². The van der Waals surface area contributed by atoms with Gasteiger partial charge in [-0.05, 0) is 82.1 Å². The molecule has 9 heteroatoms. The zero-order valence-electron chi connectivity index (χ0n) is 24.6. The van der Waals surface area contributed by atoms with Crippen LogP contribution in [0.1, 0.15) is 49.1 Å². The third-order valence-electron chi connectivity index (χ3n) is 6.27. The Morgan fingerprint density at radius 3 is 2.05 bits per heavy atom. The van der Waals surface area contributed by atoms with Gasteiger partial charge in [0.05, 0.1) is 7.11 Å². The van der Waals surface area contributed by atoms with Gasteiger partial charge in [-0.15, -0.1) is 0 Å². The van der Waals surface area contributed by atoms with E-state index in [1.54, 1.807) is 71.3 Å². The van der Waals surface area contributed by atoms with Crippen molar-refractivity contribution < 1.29 is 29.0 Å². The van der Waals surface area contributed by atoms with E-state index >= 15 is 0 Å². The van der Waals surface area contributed by atoms with E-state index in [1.165, 1.54) is 17.0 Å². The number of nitrogens with one attached hydrogen (secondary N) is 2. The molecule has 3 aromatic rings. The topological polar surface area (TPSA) is 117 Å². The average molecular weight is 562 g/mol. The number of nitrogens with zero attached hydrogens (tertiary/aromatic N) is 1. The summed E-state index contributed by atoms with van der Waals surface area (Å²) in [7, 11) is 3.10. The molecule has 3 rings (SSSR count). The Bertz CT molecular complexity index is 1340. The summed E-state index contributed by atoms with van der Waals surface area (Å²) in [5.41, 5.74) is 2.98. The number of hydrogen-bond donors (Lipinski definition) is 3. The van der Waals surface area contributed by atoms with Gasteiger partial charge in [0.2, 0.25) is 5.91 Å². The van der Waals surface area contributed by atoms with Crippen molar-refractivity contribution in [2.45, 2.75) is 58.7 Å². The van der Waals surface area contributed by atoms with Crippen LogP contribution in [0.5, 0.6) is 11.5 Å². The van der Waals surface area contributed by atoms with E-state index < -0.39 is 35.6 Å². The van der Waals surface area contributed by atoms with Crippen LogP contribution in [0, 0.1) is 13.8 Å². The average Bonchev–Trinajstić information content (AvgIpc) is 2.88. The number of carbonyl (C=O) groups is 3. The van der Waals surface area contributed by atoms with Gasteiger partial charge in [0, 0.05) is 19.2 Å². The number of methoxy groups -OCH3 is 1. The Balaban J connectivity index is 1.97. The largest absolute Gasteiger partial charge is 0.508 e. The van der Waals surface area contributed by atoms with E-state index in [9.17, 15) is 19.5 Å². The quantitative estimate of drug-likeness (QED) is 0.327. The van der Waals surface area contributed by atoms with Crippen LogP contribution >= 0.6 is 0 Å². The van der Waals surface area contributed by atoms with E-state index in [2.05, 4.69) is 10.6 Å². The number of ether oxygens (including phenoxy) is 2. The highest BCUT2D eigenvalue weighted by Gasteiger charge is 2.34. The summed E-state index contributed by atoms with van der Waals surface area (Å²) in [6, 6.07) is 16.9. The molecule has 0 fully saturated rings. The van der Waals surface area contributed by atoms with Crippen LogP contribution in [0.25, 0.3) is 0 Å². The molecular weight excluding hydrogens is 522 g/mol. The number of amides is 3. The van der Waals surface area contributed by atoms with Crippen LogP contribution in [0.15, 0.2) is 66.7 Å². The van der Waals surface area contributed by atoms with Crippen LogP contribution in [0.3, 0.4) is 0 Å². The first-order valence-corrected chi connectivity index (χ1v) is 13.3. The number of phenolic OH excluding ortho intramolecular Hbond substituents is 1. The number of alkyl carbamates (subject to hydrolysis) is 1. The molecule has 0 bridgehead atoms. The number of aryl methyl sites for hydroxylation is 2. The third kappa shape index (κ3) is 8.99. The molecule has 2 atom stereocenters. The van der Waals surface area contributed by atoms with Gasteiger partial charge in [0.15, 0.2) is 0 Å². The van der Waals surface area contributed by atoms with Crippen molar-refractivity contribution in [3.8, 4) is 11.5 Å². The number of likely N-dealkylation sites (N-methyl/N-ethyl adjacent to an activating group) is 1. The lowest BCUT2D eigenvalue weighted by Gasteiger charge is -2.32. The number of carbonyl (C=O) groups excluding carboxylic acids is 3. The Morgan fingerprint density at radius 2 is 1.51 bits per heavy atom. The third-order valence-corrected chi connectivity index (χ3v) is 6.27. The highest BCUT2D eigenvalue weighted by Crippen LogP contribution is 2.26. The molecule has 0 aromatic heterocycles. The highest BCUT2D eigenvalue weighted by molar-refractivity contribution is 5.99. The summed E-state index contributed by atoms with van der Waals surface area (Å²) in [6.07, 6.45) is -0.642. The number of anilines is 1. The minimum Gasteiger partial charge on any atom is -0.508 e. The fraction of sp³-hybridized carbons (Fsp3) is 0.344. The lowest BCUT2D eigenvalue weighted by Crippen LogP contribution is -2.52. The highest BCUT2D eigenvalue weighted by atomic mass is 16.6. The Kier molecular flexibility index (Phi) is 9.99. The zero-order chi connectivity index (χ0) is 30.3. The van der Waals surface area contributed by atoms with Crippen LogP contribution in [-0.4, -0.2) is 53.7 Å². The molecule has 3 N–H and O–H groups in total. The molecule has 0 saturated heterocycles. The maximum absolute atomic E-state index is 14.1. The molecule has 3 amide bonds. The molecule has 9 nitrogen and oxygen atoms in total. The summed E-state index contributed by atoms with van der Waals surface area (Å²) >= 11 is 0. The Labute approximate surface area is 241 Å². The summed E-state index contributed by atoms with van der Waals surface area (Å²) in [5, 5.41) is 15.3. The first-order valence-electron chi connectivity index (χ1n) is 13.3. The first-order chi connectivity index (χ1) is 19.3. The predicted molar refractivity (Wildman–Crippen MR) is 158 cm³/mol. The van der Waals surface area contributed by atoms with Gasteiger partial charge in [-0.1, -0.05) is 41.5 Å². The van der Waals surface area contributed by atoms with Crippen molar-refractivity contribution >= 4 is 23.6 Å². The van der Waals surface area contributed by atoms with Gasteiger partial charge in [0.25, 0.3) is 5.91 Å². The monoisotopic (exact) mass is 561 g/mol. The van der Waals surface area contributed by atoms with Crippen LogP contribution in [-0.2, 0) is 20.7 Å². The van der Waals surface area contributed by atoms with E-state index in [4.69, 9.17) is 9.47 Å². The summed E-state index contributed by atoms with van der Waals surface area (Å²) < 4.78 is 10.6. The lowest BCUT2D eigenvalue weighted by atomic mass is 9.98. The van der Waals surface area contributed by atoms with Crippen molar-refractivity contribution in [3.05, 3.63) is 89.0 Å². The van der Waals surface area contributed by atoms with Gasteiger partial charge < -0.3 is 30.1 Å². The Hall–Kier alpha value is -4.53. The van der Waals surface area contributed by atoms with Gasteiger partial charge in [-0.3, -0.25) is 9.59 Å². The normalized spacial score (nSPS) is 12.6. The van der Waals surface area contributed by atoms with Gasteiger partial charge >= 0.3 is 6.09 Å². The number of phenols is 1. The maximum Gasteiger partial charge on any atom is 0.408 e. The van der Waals surface area contributed by atoms with E-state index in [-0.39, 0.29) is 12.2 Å². The number of aromatic hydroxyl groups is 1. The summed E-state index contributed by atoms with van der Waals surface area (Å²) in [4.78, 5) is 41.9. The van der Waals surface area contributed by atoms with Gasteiger partial charge in [-0.25, -0.2) is 4.79 Å². The van der Waals surface area contributed by atoms with Crippen LogP contribution in [0.4, 0.5) is 10.5 Å². The molecule has 0 aliphatic carbocycles. The molecular formula is C32H39N3O6. The number of rotatable bonds is 9. The molecule has 0 radical (unpaired) electrons. The molecule has 218 valence electrons. The second kappa shape index (κ2) is 13.2. The fourth-order valence-electron chi connectivity index (χ4n) is 4.49. The lowest BCUT2D eigenvalue weighted by molar-refractivity contribution is -0.139. The minimum atomic E-state index is -1.05. The SMILES string of the molecule is COc1ccc(NC(=O)C(c2cc(C)cc(C)c2)N(C)C(=O)C(Cc2ccc(O)cc2)NC(=O)OC(C)(C)C)cc1. The number of hydrogen-bond acceptors (Lipinski definition) is 6. The smallest absolute Gasteiger partial charge is 0.408 e. The molecule has 41 heavy (non-hydrogen) atoms. The van der Waals surface area contributed by atoms with Crippen molar-refractivity contribution in [1.82, 2.24) is 10.2 Å². The first kappa shape index (κ1) is 31.0. The zero-order valence-corrected chi connectivity index (χ0v) is 24.6. The van der Waals surface area contributed by atoms with Gasteiger partial charge in [-0.2, -0.15) is 0 Å². The molecule has 0 saturated carbocycles. The molecule has 0 aliphatic rings. The van der Waals surface area contributed by atoms with E-state index in [0.717, 1.165) is 11.1 Å². The second-order valence-corrected chi connectivity index (χ2v) is 11.1. The predicted octanol–water partition coefficient (Wildman–Crippen LogP) is 5.29. The minimum absolute atomic E-state index is 0.0823. The van der Waals surface area contributed by atoms with Crippen molar-refractivity contribution in [2.24, 2.45) is 0 Å². The number of benzene rings is 3.